The van der Waals surface area contributed by atoms with E-state index < -0.39 is 5.97 Å². The molecule has 0 unspecified atom stereocenters. The third kappa shape index (κ3) is 1.57. The van der Waals surface area contributed by atoms with Gasteiger partial charge in [-0.2, -0.15) is 0 Å². The van der Waals surface area contributed by atoms with Crippen molar-refractivity contribution in [3.05, 3.63) is 47.7 Å². The summed E-state index contributed by atoms with van der Waals surface area (Å²) in [5, 5.41) is 8.81. The zero-order valence-electron chi connectivity index (χ0n) is 7.47. The maximum Gasteiger partial charge on any atom is 0.331 e. The normalized spacial score (nSPS) is 19.0. The first kappa shape index (κ1) is 8.69. The van der Waals surface area contributed by atoms with Crippen molar-refractivity contribution in [3.63, 3.8) is 0 Å². The second-order valence-corrected chi connectivity index (χ2v) is 3.07. The van der Waals surface area contributed by atoms with Gasteiger partial charge in [0, 0.05) is 18.2 Å². The van der Waals surface area contributed by atoms with Crippen LogP contribution in [0.4, 0.5) is 0 Å². The molecule has 1 aliphatic heterocycles. The minimum Gasteiger partial charge on any atom is -0.478 e. The Bertz CT molecular complexity index is 423. The maximum absolute atomic E-state index is 10.7. The average Bonchev–Trinajstić information content (AvgIpc) is 2.41. The number of allylic oxidation sites excluding steroid dienone is 6. The van der Waals surface area contributed by atoms with E-state index in [1.165, 1.54) is 0 Å². The van der Waals surface area contributed by atoms with Crippen molar-refractivity contribution in [3.8, 4) is 0 Å². The minimum absolute atomic E-state index is 0.385. The molecule has 0 saturated heterocycles. The average molecular weight is 187 g/mol. The number of carboxylic acids is 1. The van der Waals surface area contributed by atoms with E-state index in [2.05, 4.69) is 4.99 Å². The zero-order valence-corrected chi connectivity index (χ0v) is 7.47. The highest BCUT2D eigenvalue weighted by atomic mass is 16.4. The topological polar surface area (TPSA) is 49.7 Å². The smallest absolute Gasteiger partial charge is 0.331 e. The fourth-order valence-corrected chi connectivity index (χ4v) is 1.39. The molecule has 0 bridgehead atoms. The molecule has 1 heterocycles. The van der Waals surface area contributed by atoms with Crippen molar-refractivity contribution in [2.75, 3.05) is 0 Å². The second kappa shape index (κ2) is 3.46. The molecule has 14 heavy (non-hydrogen) atoms. The van der Waals surface area contributed by atoms with Crippen molar-refractivity contribution in [2.45, 2.75) is 6.42 Å². The fraction of sp³-hybridized carbons (Fsp3) is 0.0909. The SMILES string of the molecule is O=C(O)C1=CC=C2C=CC=CN=C2C1. The van der Waals surface area contributed by atoms with Gasteiger partial charge in [0.25, 0.3) is 0 Å². The Morgan fingerprint density at radius 2 is 2.21 bits per heavy atom. The molecular formula is C11H9NO2. The number of rotatable bonds is 1. The summed E-state index contributed by atoms with van der Waals surface area (Å²) in [6.45, 7) is 0. The van der Waals surface area contributed by atoms with Crippen molar-refractivity contribution in [1.29, 1.82) is 0 Å². The molecule has 0 aromatic carbocycles. The lowest BCUT2D eigenvalue weighted by molar-refractivity contribution is -0.132. The molecule has 3 nitrogen and oxygen atoms in total. The molecule has 0 amide bonds. The highest BCUT2D eigenvalue weighted by Gasteiger charge is 2.16. The number of fused-ring (bicyclic) bond motifs is 1. The van der Waals surface area contributed by atoms with Crippen molar-refractivity contribution in [2.24, 2.45) is 4.99 Å². The van der Waals surface area contributed by atoms with E-state index in [1.54, 1.807) is 18.4 Å². The molecule has 0 radical (unpaired) electrons. The predicted molar refractivity (Wildman–Crippen MR) is 54.1 cm³/mol. The van der Waals surface area contributed by atoms with Crippen LogP contribution in [0.5, 0.6) is 0 Å². The molecule has 2 aliphatic rings. The molecule has 1 aliphatic carbocycles. The first-order valence-electron chi connectivity index (χ1n) is 4.32. The van der Waals surface area contributed by atoms with Crippen LogP contribution in [0.15, 0.2) is 52.7 Å². The largest absolute Gasteiger partial charge is 0.478 e. The van der Waals surface area contributed by atoms with Crippen LogP contribution < -0.4 is 0 Å². The maximum atomic E-state index is 10.7. The lowest BCUT2D eigenvalue weighted by Crippen LogP contribution is -2.12. The van der Waals surface area contributed by atoms with E-state index in [-0.39, 0.29) is 0 Å². The van der Waals surface area contributed by atoms with Gasteiger partial charge in [-0.15, -0.1) is 0 Å². The van der Waals surface area contributed by atoms with Crippen molar-refractivity contribution in [1.82, 2.24) is 0 Å². The third-order valence-corrected chi connectivity index (χ3v) is 2.13. The van der Waals surface area contributed by atoms with Crippen LogP contribution in [0, 0.1) is 0 Å². The van der Waals surface area contributed by atoms with Gasteiger partial charge < -0.3 is 5.11 Å². The lowest BCUT2D eigenvalue weighted by Gasteiger charge is -2.10. The van der Waals surface area contributed by atoms with Crippen molar-refractivity contribution < 1.29 is 9.90 Å². The van der Waals surface area contributed by atoms with Gasteiger partial charge in [-0.05, 0) is 11.6 Å². The van der Waals surface area contributed by atoms with E-state index in [0.717, 1.165) is 11.3 Å². The lowest BCUT2D eigenvalue weighted by atomic mass is 9.96. The number of carboxylic acid groups (broad SMARTS) is 1. The quantitative estimate of drug-likeness (QED) is 0.681. The number of aliphatic imine (C=N–C) groups is 1. The fourth-order valence-electron chi connectivity index (χ4n) is 1.39. The Morgan fingerprint density at radius 1 is 1.36 bits per heavy atom. The summed E-state index contributed by atoms with van der Waals surface area (Å²) in [5.41, 5.74) is 2.19. The van der Waals surface area contributed by atoms with E-state index in [1.807, 2.05) is 18.2 Å². The Labute approximate surface area is 81.5 Å². The highest BCUT2D eigenvalue weighted by Crippen LogP contribution is 2.19. The molecular weight excluding hydrogens is 178 g/mol. The first-order chi connectivity index (χ1) is 6.77. The highest BCUT2D eigenvalue weighted by molar-refractivity contribution is 6.10. The standard InChI is InChI=1S/C11H9NO2/c13-11(14)9-5-4-8-3-1-2-6-12-10(8)7-9/h1-6H,7H2,(H,13,14). The van der Waals surface area contributed by atoms with Crippen LogP contribution in [0.1, 0.15) is 6.42 Å². The molecule has 70 valence electrons. The Kier molecular flexibility index (Phi) is 2.14. The predicted octanol–water partition coefficient (Wildman–Crippen LogP) is 1.85. The number of hydrogen-bond donors (Lipinski definition) is 1. The van der Waals surface area contributed by atoms with Gasteiger partial charge in [-0.1, -0.05) is 24.3 Å². The van der Waals surface area contributed by atoms with Crippen LogP contribution in [0.2, 0.25) is 0 Å². The molecule has 0 aromatic heterocycles. The molecule has 1 N–H and O–H groups in total. The van der Waals surface area contributed by atoms with Crippen molar-refractivity contribution >= 4 is 11.7 Å². The van der Waals surface area contributed by atoms with E-state index >= 15 is 0 Å². The first-order valence-corrected chi connectivity index (χ1v) is 4.32. The Hall–Kier alpha value is -1.90. The van der Waals surface area contributed by atoms with Gasteiger partial charge in [0.1, 0.15) is 0 Å². The summed E-state index contributed by atoms with van der Waals surface area (Å²) < 4.78 is 0. The summed E-state index contributed by atoms with van der Waals surface area (Å²) in [7, 11) is 0. The summed E-state index contributed by atoms with van der Waals surface area (Å²) in [4.78, 5) is 14.9. The van der Waals surface area contributed by atoms with E-state index in [9.17, 15) is 4.79 Å². The number of carbonyl (C=O) groups is 1. The molecule has 0 aromatic rings. The zero-order chi connectivity index (χ0) is 9.97. The Morgan fingerprint density at radius 3 is 3.00 bits per heavy atom. The number of nitrogens with zero attached hydrogens (tertiary/aromatic N) is 1. The number of aliphatic carboxylic acids is 1. The van der Waals surface area contributed by atoms with E-state index in [0.29, 0.717) is 12.0 Å². The second-order valence-electron chi connectivity index (χ2n) is 3.07. The number of hydrogen-bond acceptors (Lipinski definition) is 2. The van der Waals surface area contributed by atoms with Gasteiger partial charge in [0.2, 0.25) is 0 Å². The van der Waals surface area contributed by atoms with Gasteiger partial charge >= 0.3 is 5.97 Å². The van der Waals surface area contributed by atoms with Crippen LogP contribution in [-0.4, -0.2) is 16.8 Å². The molecule has 0 fully saturated rings. The molecule has 2 rings (SSSR count). The molecule has 0 spiro atoms. The Balaban J connectivity index is 2.38. The monoisotopic (exact) mass is 187 g/mol. The summed E-state index contributed by atoms with van der Waals surface area (Å²) in [6, 6.07) is 0. The van der Waals surface area contributed by atoms with E-state index in [4.69, 9.17) is 5.11 Å². The molecule has 3 heteroatoms. The van der Waals surface area contributed by atoms with Crippen LogP contribution in [0.25, 0.3) is 0 Å². The minimum atomic E-state index is -0.875. The van der Waals surface area contributed by atoms with Gasteiger partial charge in [0.05, 0.1) is 5.71 Å². The summed E-state index contributed by atoms with van der Waals surface area (Å²) in [6.07, 6.45) is 11.1. The van der Waals surface area contributed by atoms with Crippen LogP contribution in [0.3, 0.4) is 0 Å². The molecule has 0 saturated carbocycles. The van der Waals surface area contributed by atoms with Crippen LogP contribution >= 0.6 is 0 Å². The summed E-state index contributed by atoms with van der Waals surface area (Å²) >= 11 is 0. The van der Waals surface area contributed by atoms with Gasteiger partial charge in [-0.25, -0.2) is 4.79 Å². The van der Waals surface area contributed by atoms with Gasteiger partial charge in [0.15, 0.2) is 0 Å². The third-order valence-electron chi connectivity index (χ3n) is 2.13. The van der Waals surface area contributed by atoms with Crippen LogP contribution in [-0.2, 0) is 4.79 Å². The summed E-state index contributed by atoms with van der Waals surface area (Å²) in [5.74, 6) is -0.875. The molecule has 0 atom stereocenters. The van der Waals surface area contributed by atoms with Gasteiger partial charge in [-0.3, -0.25) is 4.99 Å².